The lowest BCUT2D eigenvalue weighted by molar-refractivity contribution is 1.00. The van der Waals surface area contributed by atoms with Gasteiger partial charge < -0.3 is 0 Å². The molecule has 0 unspecified atom stereocenters. The number of hydrogen-bond donors (Lipinski definition) is 0. The van der Waals surface area contributed by atoms with Crippen LogP contribution < -0.4 is 0 Å². The summed E-state index contributed by atoms with van der Waals surface area (Å²) in [6, 6.07) is 16.8. The topological polar surface area (TPSA) is 0 Å². The number of aryl methyl sites for hydroxylation is 1. The van der Waals surface area contributed by atoms with Gasteiger partial charge in [0, 0.05) is 11.1 Å². The monoisotopic (exact) mass is 272 g/mol. The molecule has 0 saturated carbocycles. The van der Waals surface area contributed by atoms with E-state index in [1.165, 1.54) is 11.1 Å². The molecule has 2 aromatic carbocycles. The van der Waals surface area contributed by atoms with Crippen LogP contribution in [-0.4, -0.2) is 0 Å². The highest BCUT2D eigenvalue weighted by Crippen LogP contribution is 2.07. The molecule has 0 aliphatic rings. The number of hydrogen-bond acceptors (Lipinski definition) is 0. The van der Waals surface area contributed by atoms with Gasteiger partial charge in [-0.1, -0.05) is 48.3 Å². The second kappa shape index (κ2) is 7.92. The van der Waals surface area contributed by atoms with Gasteiger partial charge in [-0.2, -0.15) is 0 Å². The van der Waals surface area contributed by atoms with Crippen LogP contribution in [0.5, 0.6) is 0 Å². The Hall–Kier alpha value is -2.52. The van der Waals surface area contributed by atoms with E-state index in [0.717, 1.165) is 30.4 Å². The van der Waals surface area contributed by atoms with E-state index in [2.05, 4.69) is 73.5 Å². The Labute approximate surface area is 127 Å². The Kier molecular flexibility index (Phi) is 5.61. The number of benzene rings is 2. The highest BCUT2D eigenvalue weighted by Gasteiger charge is 1.93. The van der Waals surface area contributed by atoms with Crippen LogP contribution in [0.3, 0.4) is 0 Å². The Morgan fingerprint density at radius 3 is 1.71 bits per heavy atom. The maximum absolute atomic E-state index is 3.75. The minimum Gasteiger partial charge on any atom is -0.103 e. The molecule has 0 N–H and O–H groups in total. The van der Waals surface area contributed by atoms with E-state index in [1.807, 2.05) is 12.2 Å². The summed E-state index contributed by atoms with van der Waals surface area (Å²) in [6.45, 7) is 7.49. The summed E-state index contributed by atoms with van der Waals surface area (Å²) in [5.74, 6) is 6.41. The second-order valence-corrected chi connectivity index (χ2v) is 4.96. The minimum absolute atomic E-state index is 0.903. The van der Waals surface area contributed by atoms with E-state index < -0.39 is 0 Å². The third-order valence-electron chi connectivity index (χ3n) is 3.28. The summed E-state index contributed by atoms with van der Waals surface area (Å²) >= 11 is 0. The fourth-order valence-corrected chi connectivity index (χ4v) is 2.06. The molecule has 0 heterocycles. The van der Waals surface area contributed by atoms with Crippen LogP contribution >= 0.6 is 0 Å². The van der Waals surface area contributed by atoms with Crippen LogP contribution in [0.2, 0.25) is 0 Å². The predicted octanol–water partition coefficient (Wildman–Crippen LogP) is 4.93. The molecule has 0 aliphatic carbocycles. The Morgan fingerprint density at radius 2 is 1.24 bits per heavy atom. The molecule has 0 aliphatic heterocycles. The van der Waals surface area contributed by atoms with Crippen molar-refractivity contribution >= 4 is 0 Å². The maximum Gasteiger partial charge on any atom is 0.0249 e. The Balaban J connectivity index is 2.04. The fourth-order valence-electron chi connectivity index (χ4n) is 2.06. The first-order valence-electron chi connectivity index (χ1n) is 7.23. The molecule has 2 rings (SSSR count). The van der Waals surface area contributed by atoms with Crippen molar-refractivity contribution in [3.63, 3.8) is 0 Å². The van der Waals surface area contributed by atoms with Crippen molar-refractivity contribution in [1.82, 2.24) is 0 Å². The molecule has 0 fully saturated rings. The quantitative estimate of drug-likeness (QED) is 0.534. The van der Waals surface area contributed by atoms with Crippen molar-refractivity contribution in [2.24, 2.45) is 0 Å². The molecule has 0 nitrogen and oxygen atoms in total. The van der Waals surface area contributed by atoms with Crippen LogP contribution in [-0.2, 0) is 12.8 Å². The largest absolute Gasteiger partial charge is 0.103 e. The molecule has 0 saturated heterocycles. The van der Waals surface area contributed by atoms with Crippen LogP contribution in [0.15, 0.2) is 73.8 Å². The SMILES string of the molecule is C=CCCc1ccc(C#Cc2ccc(CC=C)cc2)cc1. The van der Waals surface area contributed by atoms with Crippen molar-refractivity contribution < 1.29 is 0 Å². The van der Waals surface area contributed by atoms with Gasteiger partial charge in [0.25, 0.3) is 0 Å². The first kappa shape index (κ1) is 14.9. The molecule has 0 atom stereocenters. The molecule has 104 valence electrons. The molecular weight excluding hydrogens is 252 g/mol. The van der Waals surface area contributed by atoms with E-state index in [-0.39, 0.29) is 0 Å². The zero-order valence-electron chi connectivity index (χ0n) is 12.3. The van der Waals surface area contributed by atoms with Gasteiger partial charge in [0.05, 0.1) is 0 Å². The summed E-state index contributed by atoms with van der Waals surface area (Å²) in [4.78, 5) is 0. The van der Waals surface area contributed by atoms with Crippen LogP contribution in [0.4, 0.5) is 0 Å². The average Bonchev–Trinajstić information content (AvgIpc) is 2.53. The van der Waals surface area contributed by atoms with Gasteiger partial charge in [0.15, 0.2) is 0 Å². The van der Waals surface area contributed by atoms with E-state index in [1.54, 1.807) is 0 Å². The van der Waals surface area contributed by atoms with E-state index in [9.17, 15) is 0 Å². The van der Waals surface area contributed by atoms with Gasteiger partial charge in [-0.3, -0.25) is 0 Å². The molecule has 0 aromatic heterocycles. The van der Waals surface area contributed by atoms with E-state index >= 15 is 0 Å². The average molecular weight is 272 g/mol. The molecule has 21 heavy (non-hydrogen) atoms. The third kappa shape index (κ3) is 4.82. The second-order valence-electron chi connectivity index (χ2n) is 4.96. The highest BCUT2D eigenvalue weighted by molar-refractivity contribution is 5.44. The molecule has 0 radical (unpaired) electrons. The number of allylic oxidation sites excluding steroid dienone is 2. The van der Waals surface area contributed by atoms with Gasteiger partial charge in [-0.15, -0.1) is 13.2 Å². The van der Waals surface area contributed by atoms with E-state index in [4.69, 9.17) is 0 Å². The Bertz CT molecular complexity index is 646. The van der Waals surface area contributed by atoms with Crippen molar-refractivity contribution in [2.45, 2.75) is 19.3 Å². The van der Waals surface area contributed by atoms with Gasteiger partial charge in [-0.25, -0.2) is 0 Å². The lowest BCUT2D eigenvalue weighted by atomic mass is 10.1. The first-order valence-corrected chi connectivity index (χ1v) is 7.23. The third-order valence-corrected chi connectivity index (χ3v) is 3.28. The lowest BCUT2D eigenvalue weighted by Gasteiger charge is -1.98. The van der Waals surface area contributed by atoms with Crippen LogP contribution in [0.25, 0.3) is 0 Å². The van der Waals surface area contributed by atoms with Crippen molar-refractivity contribution in [1.29, 1.82) is 0 Å². The number of rotatable bonds is 5. The van der Waals surface area contributed by atoms with Gasteiger partial charge >= 0.3 is 0 Å². The van der Waals surface area contributed by atoms with Crippen molar-refractivity contribution in [3.05, 3.63) is 96.1 Å². The van der Waals surface area contributed by atoms with Crippen molar-refractivity contribution in [3.8, 4) is 11.8 Å². The molecule has 0 spiro atoms. The van der Waals surface area contributed by atoms with Crippen molar-refractivity contribution in [2.75, 3.05) is 0 Å². The predicted molar refractivity (Wildman–Crippen MR) is 91.3 cm³/mol. The summed E-state index contributed by atoms with van der Waals surface area (Å²) in [5, 5.41) is 0. The Morgan fingerprint density at radius 1 is 0.714 bits per heavy atom. The zero-order chi connectivity index (χ0) is 14.9. The lowest BCUT2D eigenvalue weighted by Crippen LogP contribution is -1.84. The van der Waals surface area contributed by atoms with Gasteiger partial charge in [0.2, 0.25) is 0 Å². The summed E-state index contributed by atoms with van der Waals surface area (Å²) in [7, 11) is 0. The van der Waals surface area contributed by atoms with E-state index in [0.29, 0.717) is 0 Å². The normalized spacial score (nSPS) is 9.52. The standard InChI is InChI=1S/C21H20/c1-3-5-7-19-10-14-21(15-11-19)17-16-20-12-8-18(6-4-2)9-13-20/h3-4,8-15H,1-2,5-7H2. The maximum atomic E-state index is 3.75. The molecule has 0 bridgehead atoms. The fraction of sp³-hybridized carbons (Fsp3) is 0.143. The molecule has 0 heteroatoms. The van der Waals surface area contributed by atoms with Gasteiger partial charge in [0.1, 0.15) is 0 Å². The summed E-state index contributed by atoms with van der Waals surface area (Å²) in [5.41, 5.74) is 4.68. The van der Waals surface area contributed by atoms with Crippen LogP contribution in [0.1, 0.15) is 28.7 Å². The zero-order valence-corrected chi connectivity index (χ0v) is 12.3. The molecule has 2 aromatic rings. The first-order chi connectivity index (χ1) is 10.3. The summed E-state index contributed by atoms with van der Waals surface area (Å²) in [6.07, 6.45) is 6.82. The summed E-state index contributed by atoms with van der Waals surface area (Å²) < 4.78 is 0. The highest BCUT2D eigenvalue weighted by atomic mass is 14.0. The molecule has 0 amide bonds. The molecular formula is C21H20. The van der Waals surface area contributed by atoms with Crippen LogP contribution in [0, 0.1) is 11.8 Å². The van der Waals surface area contributed by atoms with Gasteiger partial charge in [-0.05, 0) is 54.7 Å². The minimum atomic E-state index is 0.903. The smallest absolute Gasteiger partial charge is 0.0249 e.